The van der Waals surface area contributed by atoms with E-state index in [1.807, 2.05) is 0 Å². The van der Waals surface area contributed by atoms with Crippen LogP contribution in [0.3, 0.4) is 0 Å². The fourth-order valence-electron chi connectivity index (χ4n) is 3.10. The molecule has 0 saturated heterocycles. The first-order valence-electron chi connectivity index (χ1n) is 8.58. The highest BCUT2D eigenvalue weighted by Crippen LogP contribution is 2.33. The molecule has 7 nitrogen and oxygen atoms in total. The summed E-state index contributed by atoms with van der Waals surface area (Å²) >= 11 is 0. The van der Waals surface area contributed by atoms with Crippen LogP contribution in [-0.2, 0) is 12.7 Å². The molecule has 0 radical (unpaired) electrons. The van der Waals surface area contributed by atoms with E-state index in [-0.39, 0.29) is 17.8 Å². The minimum Gasteiger partial charge on any atom is -0.355 e. The molecule has 3 aromatic heterocycles. The third-order valence-electron chi connectivity index (χ3n) is 4.47. The number of anilines is 1. The van der Waals surface area contributed by atoms with Gasteiger partial charge in [-0.2, -0.15) is 23.4 Å². The van der Waals surface area contributed by atoms with Crippen LogP contribution in [0.2, 0.25) is 0 Å². The monoisotopic (exact) mass is 400 g/mol. The molecule has 0 unspecified atom stereocenters. The van der Waals surface area contributed by atoms with Gasteiger partial charge >= 0.3 is 6.18 Å². The number of H-pyrrole nitrogens is 1. The molecule has 0 aliphatic heterocycles. The summed E-state index contributed by atoms with van der Waals surface area (Å²) in [6.45, 7) is -0.00163. The molecule has 4 rings (SSSR count). The Kier molecular flexibility index (Phi) is 4.53. The Balaban J connectivity index is 1.77. The van der Waals surface area contributed by atoms with Gasteiger partial charge in [0.15, 0.2) is 11.9 Å². The first-order valence-corrected chi connectivity index (χ1v) is 8.58. The second-order valence-electron chi connectivity index (χ2n) is 6.45. The van der Waals surface area contributed by atoms with Gasteiger partial charge in [-0.25, -0.2) is 9.50 Å². The Morgan fingerprint density at radius 1 is 1.24 bits per heavy atom. The number of hydrogen-bond acceptors (Lipinski definition) is 5. The van der Waals surface area contributed by atoms with Crippen LogP contribution in [0.4, 0.5) is 19.0 Å². The topological polar surface area (TPSA) is 79.2 Å². The van der Waals surface area contributed by atoms with E-state index < -0.39 is 11.7 Å². The van der Waals surface area contributed by atoms with Crippen molar-refractivity contribution in [2.24, 2.45) is 0 Å². The minimum atomic E-state index is -4.44. The fraction of sp³-hybridized carbons (Fsp3) is 0.158. The van der Waals surface area contributed by atoms with Crippen molar-refractivity contribution in [3.63, 3.8) is 0 Å². The molecule has 4 aromatic rings. The lowest BCUT2D eigenvalue weighted by Gasteiger charge is -2.21. The highest BCUT2D eigenvalue weighted by Gasteiger charge is 2.33. The SMILES string of the molecule is CN(Cc1ccccc1C(F)(F)F)c1cc(-c2cn[nH]c2)n2nc(C=O)cc2n1. The number of aldehydes is 1. The summed E-state index contributed by atoms with van der Waals surface area (Å²) in [6.07, 6.45) is -0.600. The summed E-state index contributed by atoms with van der Waals surface area (Å²) in [5.41, 5.74) is 1.35. The van der Waals surface area contributed by atoms with Crippen molar-refractivity contribution < 1.29 is 18.0 Å². The van der Waals surface area contributed by atoms with Crippen molar-refractivity contribution in [1.82, 2.24) is 24.8 Å². The molecule has 148 valence electrons. The van der Waals surface area contributed by atoms with Gasteiger partial charge in [-0.1, -0.05) is 18.2 Å². The van der Waals surface area contributed by atoms with Gasteiger partial charge in [0.05, 0.1) is 17.5 Å². The normalized spacial score (nSPS) is 11.7. The average molecular weight is 400 g/mol. The number of rotatable bonds is 5. The maximum Gasteiger partial charge on any atom is 0.416 e. The maximum atomic E-state index is 13.3. The molecule has 10 heteroatoms. The van der Waals surface area contributed by atoms with Crippen LogP contribution in [0.1, 0.15) is 21.6 Å². The Bertz CT molecular complexity index is 1170. The second kappa shape index (κ2) is 7.04. The summed E-state index contributed by atoms with van der Waals surface area (Å²) in [5, 5.41) is 10.8. The van der Waals surface area contributed by atoms with Gasteiger partial charge in [0.2, 0.25) is 0 Å². The predicted octanol–water partition coefficient (Wildman–Crippen LogP) is 3.59. The number of carbonyl (C=O) groups excluding carboxylic acids is 1. The molecule has 29 heavy (non-hydrogen) atoms. The van der Waals surface area contributed by atoms with Gasteiger partial charge in [0.1, 0.15) is 11.5 Å². The average Bonchev–Trinajstić information content (AvgIpc) is 3.36. The van der Waals surface area contributed by atoms with Gasteiger partial charge in [-0.05, 0) is 11.6 Å². The number of nitrogens with zero attached hydrogens (tertiary/aromatic N) is 5. The molecule has 3 heterocycles. The number of hydrogen-bond donors (Lipinski definition) is 1. The molecule has 0 atom stereocenters. The molecule has 0 fully saturated rings. The van der Waals surface area contributed by atoms with Gasteiger partial charge in [0, 0.05) is 37.5 Å². The number of carbonyl (C=O) groups is 1. The molecule has 0 aliphatic carbocycles. The number of fused-ring (bicyclic) bond motifs is 1. The highest BCUT2D eigenvalue weighted by atomic mass is 19.4. The predicted molar refractivity (Wildman–Crippen MR) is 99.5 cm³/mol. The van der Waals surface area contributed by atoms with E-state index in [1.165, 1.54) is 22.7 Å². The van der Waals surface area contributed by atoms with E-state index in [1.54, 1.807) is 36.5 Å². The van der Waals surface area contributed by atoms with Crippen molar-refractivity contribution in [2.45, 2.75) is 12.7 Å². The number of nitrogens with one attached hydrogen (secondary N) is 1. The highest BCUT2D eigenvalue weighted by molar-refractivity contribution is 5.76. The standard InChI is InChI=1S/C19H15F3N6O/c1-27(10-12-4-2-3-5-15(12)19(20,21)22)17-7-16(13-8-23-24-9-13)28-18(25-17)6-14(11-29)26-28/h2-9,11H,10H2,1H3,(H,23,24). The first-order chi connectivity index (χ1) is 13.9. The van der Waals surface area contributed by atoms with Gasteiger partial charge in [0.25, 0.3) is 0 Å². The number of aromatic nitrogens is 5. The molecule has 0 spiro atoms. The van der Waals surface area contributed by atoms with Gasteiger partial charge < -0.3 is 4.90 Å². The third kappa shape index (κ3) is 3.56. The summed E-state index contributed by atoms with van der Waals surface area (Å²) < 4.78 is 41.4. The van der Waals surface area contributed by atoms with Crippen LogP contribution in [0.25, 0.3) is 16.9 Å². The summed E-state index contributed by atoms with van der Waals surface area (Å²) in [4.78, 5) is 17.2. The van der Waals surface area contributed by atoms with Gasteiger partial charge in [-0.3, -0.25) is 9.89 Å². The van der Waals surface area contributed by atoms with Crippen molar-refractivity contribution in [3.05, 3.63) is 65.6 Å². The number of benzene rings is 1. The summed E-state index contributed by atoms with van der Waals surface area (Å²) in [5.74, 6) is 0.433. The molecule has 1 aromatic carbocycles. The smallest absolute Gasteiger partial charge is 0.355 e. The zero-order chi connectivity index (χ0) is 20.6. The molecule has 0 aliphatic rings. The Hall–Kier alpha value is -3.69. The Morgan fingerprint density at radius 2 is 2.03 bits per heavy atom. The molecular formula is C19H15F3N6O. The van der Waals surface area contributed by atoms with E-state index in [4.69, 9.17) is 0 Å². The number of halogens is 3. The van der Waals surface area contributed by atoms with Crippen LogP contribution < -0.4 is 4.90 Å². The largest absolute Gasteiger partial charge is 0.416 e. The third-order valence-corrected chi connectivity index (χ3v) is 4.47. The van der Waals surface area contributed by atoms with E-state index >= 15 is 0 Å². The molecule has 0 saturated carbocycles. The van der Waals surface area contributed by atoms with E-state index in [0.717, 1.165) is 6.07 Å². The zero-order valence-electron chi connectivity index (χ0n) is 15.2. The van der Waals surface area contributed by atoms with Crippen molar-refractivity contribution >= 4 is 17.8 Å². The lowest BCUT2D eigenvalue weighted by molar-refractivity contribution is -0.138. The maximum absolute atomic E-state index is 13.3. The quantitative estimate of drug-likeness (QED) is 0.518. The fourth-order valence-corrected chi connectivity index (χ4v) is 3.10. The molecule has 0 amide bonds. The summed E-state index contributed by atoms with van der Waals surface area (Å²) in [6, 6.07) is 8.63. The van der Waals surface area contributed by atoms with Crippen LogP contribution >= 0.6 is 0 Å². The minimum absolute atomic E-state index is 0.00163. The zero-order valence-corrected chi connectivity index (χ0v) is 15.2. The van der Waals surface area contributed by atoms with Crippen LogP contribution in [-0.4, -0.2) is 38.1 Å². The second-order valence-corrected chi connectivity index (χ2v) is 6.45. The van der Waals surface area contributed by atoms with Crippen LogP contribution in [0.5, 0.6) is 0 Å². The van der Waals surface area contributed by atoms with E-state index in [0.29, 0.717) is 29.0 Å². The van der Waals surface area contributed by atoms with E-state index in [9.17, 15) is 18.0 Å². The van der Waals surface area contributed by atoms with Crippen molar-refractivity contribution in [1.29, 1.82) is 0 Å². The number of alkyl halides is 3. The summed E-state index contributed by atoms with van der Waals surface area (Å²) in [7, 11) is 1.65. The Morgan fingerprint density at radius 3 is 2.72 bits per heavy atom. The first kappa shape index (κ1) is 18.7. The lowest BCUT2D eigenvalue weighted by atomic mass is 10.1. The molecule has 1 N–H and O–H groups in total. The van der Waals surface area contributed by atoms with Crippen LogP contribution in [0.15, 0.2) is 48.8 Å². The van der Waals surface area contributed by atoms with E-state index in [2.05, 4.69) is 20.3 Å². The van der Waals surface area contributed by atoms with Crippen molar-refractivity contribution in [3.8, 4) is 11.3 Å². The number of aromatic amines is 1. The van der Waals surface area contributed by atoms with Gasteiger partial charge in [-0.15, -0.1) is 0 Å². The molecule has 0 bridgehead atoms. The lowest BCUT2D eigenvalue weighted by Crippen LogP contribution is -2.21. The van der Waals surface area contributed by atoms with Crippen molar-refractivity contribution in [2.75, 3.05) is 11.9 Å². The molecular weight excluding hydrogens is 385 g/mol. The van der Waals surface area contributed by atoms with Crippen LogP contribution in [0, 0.1) is 0 Å². The Labute approximate surface area is 162 Å².